The van der Waals surface area contributed by atoms with Crippen LogP contribution in [0.5, 0.6) is 0 Å². The topological polar surface area (TPSA) is 3.24 Å². The van der Waals surface area contributed by atoms with E-state index in [0.29, 0.717) is 0 Å². The van der Waals surface area contributed by atoms with Gasteiger partial charge in [0.1, 0.15) is 0 Å². The maximum atomic E-state index is 3.25. The molecule has 0 atom stereocenters. The third kappa shape index (κ3) is 6.25. The molecule has 62 valence electrons. The van der Waals surface area contributed by atoms with Crippen molar-refractivity contribution in [1.29, 1.82) is 0 Å². The maximum absolute atomic E-state index is 3.25. The zero-order valence-electron chi connectivity index (χ0n) is 8.06. The van der Waals surface area contributed by atoms with Gasteiger partial charge in [0.15, 0.2) is 0 Å². The van der Waals surface area contributed by atoms with Gasteiger partial charge in [0, 0.05) is 0 Å². The summed E-state index contributed by atoms with van der Waals surface area (Å²) in [6.45, 7) is 13.3. The van der Waals surface area contributed by atoms with E-state index < -0.39 is 0 Å². The molecule has 0 unspecified atom stereocenters. The van der Waals surface area contributed by atoms with Crippen molar-refractivity contribution in [2.24, 2.45) is 0 Å². The molecule has 0 radical (unpaired) electrons. The van der Waals surface area contributed by atoms with Crippen LogP contribution in [-0.2, 0) is 32.7 Å². The number of likely N-dealkylation sites (tertiary alicyclic amines) is 1. The van der Waals surface area contributed by atoms with Gasteiger partial charge in [-0.15, -0.1) is 13.1 Å². The first-order valence-electron chi connectivity index (χ1n) is 4.07. The molecule has 0 bridgehead atoms. The summed E-state index contributed by atoms with van der Waals surface area (Å²) in [6, 6.07) is 0. The fraction of sp³-hybridized carbons (Fsp3) is 0.778. The average molecular weight is 230 g/mol. The van der Waals surface area contributed by atoms with Crippen molar-refractivity contribution in [3.8, 4) is 0 Å². The zero-order chi connectivity index (χ0) is 7.98. The Bertz CT molecular complexity index is 67.2. The van der Waals surface area contributed by atoms with Crippen LogP contribution in [0.1, 0.15) is 27.2 Å². The van der Waals surface area contributed by atoms with Crippen molar-refractivity contribution in [2.45, 2.75) is 27.2 Å². The Balaban J connectivity index is 0. The van der Waals surface area contributed by atoms with Gasteiger partial charge in [-0.1, -0.05) is 6.92 Å². The molecule has 0 N–H and O–H groups in total. The first-order chi connectivity index (χ1) is 4.83. The summed E-state index contributed by atoms with van der Waals surface area (Å²) in [5.74, 6) is 1.64. The van der Waals surface area contributed by atoms with E-state index >= 15 is 0 Å². The number of hydrogen-bond acceptors (Lipinski definition) is 1. The van der Waals surface area contributed by atoms with Crippen molar-refractivity contribution in [3.05, 3.63) is 12.8 Å². The second kappa shape index (κ2) is 9.15. The van der Waals surface area contributed by atoms with E-state index in [1.165, 1.54) is 26.1 Å². The molecule has 0 aromatic carbocycles. The van der Waals surface area contributed by atoms with Crippen LogP contribution in [0, 0.1) is 12.8 Å². The molecule has 1 aliphatic heterocycles. The SMILES string of the molecule is CCCN1C[C-](C)C1.[CH2-]C.[Y+3]. The van der Waals surface area contributed by atoms with Gasteiger partial charge in [0.05, 0.1) is 0 Å². The summed E-state index contributed by atoms with van der Waals surface area (Å²) in [4.78, 5) is 2.47. The molecule has 1 rings (SSSR count). The largest absolute Gasteiger partial charge is 3.00 e. The van der Waals surface area contributed by atoms with E-state index in [0.717, 1.165) is 0 Å². The van der Waals surface area contributed by atoms with Gasteiger partial charge >= 0.3 is 32.7 Å². The van der Waals surface area contributed by atoms with Crippen LogP contribution >= 0.6 is 0 Å². The van der Waals surface area contributed by atoms with Crippen molar-refractivity contribution in [2.75, 3.05) is 19.6 Å². The smallest absolute Gasteiger partial charge is 0.362 e. The molecule has 0 spiro atoms. The third-order valence-corrected chi connectivity index (χ3v) is 1.53. The van der Waals surface area contributed by atoms with Gasteiger partial charge < -0.3 is 11.8 Å². The summed E-state index contributed by atoms with van der Waals surface area (Å²) < 4.78 is 0. The number of rotatable bonds is 2. The summed E-state index contributed by atoms with van der Waals surface area (Å²) in [5, 5.41) is 0. The molecule has 1 aliphatic rings. The Labute approximate surface area is 96.8 Å². The van der Waals surface area contributed by atoms with Crippen LogP contribution in [0.2, 0.25) is 0 Å². The van der Waals surface area contributed by atoms with Crippen molar-refractivity contribution < 1.29 is 32.7 Å². The number of hydrogen-bond donors (Lipinski definition) is 0. The molecule has 2 heteroatoms. The van der Waals surface area contributed by atoms with E-state index in [-0.39, 0.29) is 32.7 Å². The monoisotopic (exact) mass is 230 g/mol. The van der Waals surface area contributed by atoms with Gasteiger partial charge in [0.25, 0.3) is 0 Å². The molecule has 11 heavy (non-hydrogen) atoms. The molecule has 1 heterocycles. The first-order valence-corrected chi connectivity index (χ1v) is 4.07. The molecular formula is C9H19NY+. The third-order valence-electron chi connectivity index (χ3n) is 1.53. The van der Waals surface area contributed by atoms with Gasteiger partial charge in [-0.3, -0.25) is 5.92 Å². The Morgan fingerprint density at radius 2 is 1.82 bits per heavy atom. The molecule has 0 aromatic heterocycles. The minimum atomic E-state index is 0. The standard InChI is InChI=1S/C7H14N.C2H5.Y/c1-3-4-8-5-7(2)6-8;1-2;/h3-6H2,1-2H3;1H2,2H3;/q2*-1;+3. The van der Waals surface area contributed by atoms with E-state index in [4.69, 9.17) is 0 Å². The minimum absolute atomic E-state index is 0. The Hall–Kier alpha value is 1.06. The quantitative estimate of drug-likeness (QED) is 0.657. The minimum Gasteiger partial charge on any atom is -0.362 e. The zero-order valence-corrected chi connectivity index (χ0v) is 10.9. The van der Waals surface area contributed by atoms with E-state index in [1.807, 2.05) is 0 Å². The van der Waals surface area contributed by atoms with Gasteiger partial charge in [-0.25, -0.2) is 0 Å². The second-order valence-electron chi connectivity index (χ2n) is 2.67. The van der Waals surface area contributed by atoms with Gasteiger partial charge in [0.2, 0.25) is 0 Å². The fourth-order valence-electron chi connectivity index (χ4n) is 1.19. The summed E-state index contributed by atoms with van der Waals surface area (Å²) in [6.07, 6.45) is 1.30. The first kappa shape index (κ1) is 14.6. The summed E-state index contributed by atoms with van der Waals surface area (Å²) >= 11 is 0. The number of nitrogens with zero attached hydrogens (tertiary/aromatic N) is 1. The van der Waals surface area contributed by atoms with Crippen LogP contribution in [-0.4, -0.2) is 24.5 Å². The predicted octanol–water partition coefficient (Wildman–Crippen LogP) is 2.14. The normalized spacial score (nSPS) is 17.5. The molecule has 0 aromatic rings. The maximum Gasteiger partial charge on any atom is 3.00 e. The van der Waals surface area contributed by atoms with Crippen LogP contribution in [0.4, 0.5) is 0 Å². The van der Waals surface area contributed by atoms with E-state index in [2.05, 4.69) is 25.7 Å². The van der Waals surface area contributed by atoms with Crippen LogP contribution in [0.3, 0.4) is 0 Å². The van der Waals surface area contributed by atoms with Crippen LogP contribution in [0.25, 0.3) is 0 Å². The van der Waals surface area contributed by atoms with Crippen molar-refractivity contribution >= 4 is 0 Å². The van der Waals surface area contributed by atoms with Crippen LogP contribution in [0.15, 0.2) is 0 Å². The molecular weight excluding hydrogens is 211 g/mol. The average Bonchev–Trinajstić information content (AvgIpc) is 1.90. The molecule has 1 saturated heterocycles. The summed E-state index contributed by atoms with van der Waals surface area (Å²) in [7, 11) is 0. The van der Waals surface area contributed by atoms with Gasteiger partial charge in [-0.05, 0) is 13.0 Å². The van der Waals surface area contributed by atoms with E-state index in [1.54, 1.807) is 12.8 Å². The Morgan fingerprint density at radius 3 is 2.09 bits per heavy atom. The molecule has 0 amide bonds. The predicted molar refractivity (Wildman–Crippen MR) is 46.7 cm³/mol. The van der Waals surface area contributed by atoms with E-state index in [9.17, 15) is 0 Å². The molecule has 1 nitrogen and oxygen atoms in total. The molecule has 0 aliphatic carbocycles. The molecule has 1 fully saturated rings. The van der Waals surface area contributed by atoms with Crippen molar-refractivity contribution in [1.82, 2.24) is 4.90 Å². The second-order valence-corrected chi connectivity index (χ2v) is 2.67. The van der Waals surface area contributed by atoms with Crippen LogP contribution < -0.4 is 0 Å². The van der Waals surface area contributed by atoms with Gasteiger partial charge in [-0.2, -0.15) is 13.8 Å². The Morgan fingerprint density at radius 1 is 1.36 bits per heavy atom. The summed E-state index contributed by atoms with van der Waals surface area (Å²) in [5.41, 5.74) is 0. The molecule has 0 saturated carbocycles. The Kier molecular flexibility index (Phi) is 12.1. The fourth-order valence-corrected chi connectivity index (χ4v) is 1.19. The van der Waals surface area contributed by atoms with Crippen molar-refractivity contribution in [3.63, 3.8) is 0 Å².